The summed E-state index contributed by atoms with van der Waals surface area (Å²) in [6.07, 6.45) is 2.91. The highest BCUT2D eigenvalue weighted by molar-refractivity contribution is 5.98. The molecule has 2 aromatic heterocycles. The molecule has 1 saturated heterocycles. The average Bonchev–Trinajstić information content (AvgIpc) is 3.44. The number of nitrogens with one attached hydrogen (secondary N) is 2. The number of anilines is 1. The van der Waals surface area contributed by atoms with Crippen LogP contribution >= 0.6 is 0 Å². The minimum absolute atomic E-state index is 0.0856. The number of para-hydroxylation sites is 1. The molecule has 1 aliphatic heterocycles. The zero-order valence-electron chi connectivity index (χ0n) is 18.1. The SMILES string of the molecule is COc1ccccc1-c1c[nH]c2nc(NC(=O)[C@H]3C[C@H]3CN3CCN(C)CC3)ccc12. The first-order chi connectivity index (χ1) is 15.1. The highest BCUT2D eigenvalue weighted by Gasteiger charge is 2.43. The number of H-pyrrole nitrogens is 1. The van der Waals surface area contributed by atoms with Crippen LogP contribution in [-0.4, -0.2) is 72.6 Å². The third-order valence-corrected chi connectivity index (χ3v) is 6.54. The number of fused-ring (bicyclic) bond motifs is 1. The first-order valence-corrected chi connectivity index (χ1v) is 11.0. The second-order valence-electron chi connectivity index (χ2n) is 8.69. The molecule has 3 heterocycles. The maximum absolute atomic E-state index is 12.7. The topological polar surface area (TPSA) is 73.5 Å². The number of methoxy groups -OCH3 is 1. The number of amides is 1. The second-order valence-corrected chi connectivity index (χ2v) is 8.69. The molecule has 2 atom stereocenters. The molecule has 0 bridgehead atoms. The highest BCUT2D eigenvalue weighted by atomic mass is 16.5. The van der Waals surface area contributed by atoms with Gasteiger partial charge in [-0.15, -0.1) is 0 Å². The van der Waals surface area contributed by atoms with Gasteiger partial charge in [-0.25, -0.2) is 4.98 Å². The molecule has 0 unspecified atom stereocenters. The summed E-state index contributed by atoms with van der Waals surface area (Å²) in [5.74, 6) is 2.07. The zero-order valence-corrected chi connectivity index (χ0v) is 18.1. The Labute approximate surface area is 182 Å². The maximum Gasteiger partial charge on any atom is 0.228 e. The van der Waals surface area contributed by atoms with Crippen molar-refractivity contribution in [3.8, 4) is 16.9 Å². The van der Waals surface area contributed by atoms with Gasteiger partial charge in [-0.1, -0.05) is 18.2 Å². The molecule has 7 heteroatoms. The molecule has 5 rings (SSSR count). The van der Waals surface area contributed by atoms with Crippen molar-refractivity contribution >= 4 is 22.8 Å². The lowest BCUT2D eigenvalue weighted by Gasteiger charge is -2.32. The van der Waals surface area contributed by atoms with E-state index in [2.05, 4.69) is 32.1 Å². The van der Waals surface area contributed by atoms with Crippen molar-refractivity contribution in [2.45, 2.75) is 6.42 Å². The van der Waals surface area contributed by atoms with Crippen LogP contribution in [0.1, 0.15) is 6.42 Å². The lowest BCUT2D eigenvalue weighted by Crippen LogP contribution is -2.45. The second kappa shape index (κ2) is 8.32. The maximum atomic E-state index is 12.7. The Morgan fingerprint density at radius 2 is 1.97 bits per heavy atom. The Morgan fingerprint density at radius 3 is 2.77 bits per heavy atom. The van der Waals surface area contributed by atoms with Crippen LogP contribution in [0.15, 0.2) is 42.6 Å². The van der Waals surface area contributed by atoms with Crippen molar-refractivity contribution in [2.75, 3.05) is 52.2 Å². The Balaban J connectivity index is 1.24. The molecule has 3 aromatic rings. The predicted octanol–water partition coefficient (Wildman–Crippen LogP) is 3.06. The van der Waals surface area contributed by atoms with E-state index in [1.165, 1.54) is 0 Å². The van der Waals surface area contributed by atoms with Crippen LogP contribution in [0, 0.1) is 11.8 Å². The highest BCUT2D eigenvalue weighted by Crippen LogP contribution is 2.40. The molecule has 7 nitrogen and oxygen atoms in total. The number of hydrogen-bond acceptors (Lipinski definition) is 5. The fourth-order valence-corrected chi connectivity index (χ4v) is 4.52. The van der Waals surface area contributed by atoms with Crippen LogP contribution in [0.3, 0.4) is 0 Å². The average molecular weight is 420 g/mol. The zero-order chi connectivity index (χ0) is 21.4. The lowest BCUT2D eigenvalue weighted by atomic mass is 10.0. The molecule has 31 heavy (non-hydrogen) atoms. The van der Waals surface area contributed by atoms with E-state index >= 15 is 0 Å². The number of likely N-dealkylation sites (N-methyl/N-ethyl adjacent to an activating group) is 1. The minimum atomic E-state index is 0.0856. The molecule has 1 amide bonds. The predicted molar refractivity (Wildman–Crippen MR) is 122 cm³/mol. The number of benzene rings is 1. The van der Waals surface area contributed by atoms with Crippen molar-refractivity contribution in [3.63, 3.8) is 0 Å². The molecular weight excluding hydrogens is 390 g/mol. The van der Waals surface area contributed by atoms with Gasteiger partial charge >= 0.3 is 0 Å². The Hall–Kier alpha value is -2.90. The molecule has 2 aliphatic rings. The van der Waals surface area contributed by atoms with Crippen LogP contribution < -0.4 is 10.1 Å². The fourth-order valence-electron chi connectivity index (χ4n) is 4.52. The number of carbonyl (C=O) groups is 1. The van der Waals surface area contributed by atoms with Crippen molar-refractivity contribution in [1.82, 2.24) is 19.8 Å². The first kappa shape index (κ1) is 20.0. The Bertz CT molecular complexity index is 1090. The number of carbonyl (C=O) groups excluding carboxylic acids is 1. The number of aromatic amines is 1. The number of nitrogens with zero attached hydrogens (tertiary/aromatic N) is 3. The summed E-state index contributed by atoms with van der Waals surface area (Å²) >= 11 is 0. The van der Waals surface area contributed by atoms with Gasteiger partial charge < -0.3 is 24.8 Å². The van der Waals surface area contributed by atoms with Gasteiger partial charge in [0.05, 0.1) is 7.11 Å². The summed E-state index contributed by atoms with van der Waals surface area (Å²) < 4.78 is 5.50. The molecule has 162 valence electrons. The summed E-state index contributed by atoms with van der Waals surface area (Å²) in [6.45, 7) is 5.44. The quantitative estimate of drug-likeness (QED) is 0.642. The molecular formula is C24H29N5O2. The normalized spacial score (nSPS) is 21.9. The number of piperazine rings is 1. The number of hydrogen-bond donors (Lipinski definition) is 2. The summed E-state index contributed by atoms with van der Waals surface area (Å²) in [4.78, 5) is 25.4. The number of ether oxygens (including phenoxy) is 1. The fraction of sp³-hybridized carbons (Fsp3) is 0.417. The molecule has 1 saturated carbocycles. The van der Waals surface area contributed by atoms with Gasteiger partial charge in [-0.2, -0.15) is 0 Å². The van der Waals surface area contributed by atoms with E-state index < -0.39 is 0 Å². The summed E-state index contributed by atoms with van der Waals surface area (Å²) in [5.41, 5.74) is 2.80. The summed E-state index contributed by atoms with van der Waals surface area (Å²) in [7, 11) is 3.84. The van der Waals surface area contributed by atoms with Crippen LogP contribution in [0.5, 0.6) is 5.75 Å². The standard InChI is InChI=1S/C24H29N5O2/c1-28-9-11-29(12-10-28)15-16-13-19(16)24(30)27-22-8-7-18-20(14-25-23(18)26-22)17-5-3-4-6-21(17)31-2/h3-8,14,16,19H,9-13,15H2,1-2H3,(H2,25,26,27,30)/t16-,19-/m0/s1. The van der Waals surface area contributed by atoms with E-state index in [9.17, 15) is 4.79 Å². The van der Waals surface area contributed by atoms with Crippen LogP contribution in [0.4, 0.5) is 5.82 Å². The molecule has 2 N–H and O–H groups in total. The van der Waals surface area contributed by atoms with E-state index in [0.29, 0.717) is 11.7 Å². The third-order valence-electron chi connectivity index (χ3n) is 6.54. The summed E-state index contributed by atoms with van der Waals surface area (Å²) in [5, 5.41) is 4.02. The largest absolute Gasteiger partial charge is 0.496 e. The molecule has 1 aliphatic carbocycles. The van der Waals surface area contributed by atoms with Crippen molar-refractivity contribution in [3.05, 3.63) is 42.6 Å². The van der Waals surface area contributed by atoms with Crippen molar-refractivity contribution < 1.29 is 9.53 Å². The molecule has 0 spiro atoms. The third kappa shape index (κ3) is 4.16. The van der Waals surface area contributed by atoms with Crippen molar-refractivity contribution in [2.24, 2.45) is 11.8 Å². The number of aromatic nitrogens is 2. The van der Waals surface area contributed by atoms with Gasteiger partial charge in [-0.3, -0.25) is 4.79 Å². The number of pyridine rings is 1. The van der Waals surface area contributed by atoms with Gasteiger partial charge in [-0.05, 0) is 37.6 Å². The minimum Gasteiger partial charge on any atom is -0.496 e. The van der Waals surface area contributed by atoms with Gasteiger partial charge in [0, 0.05) is 61.4 Å². The summed E-state index contributed by atoms with van der Waals surface area (Å²) in [6, 6.07) is 11.8. The Kier molecular flexibility index (Phi) is 5.38. The van der Waals surface area contributed by atoms with Crippen molar-refractivity contribution in [1.29, 1.82) is 0 Å². The van der Waals surface area contributed by atoms with Gasteiger partial charge in [0.2, 0.25) is 5.91 Å². The van der Waals surface area contributed by atoms with E-state index in [1.807, 2.05) is 42.6 Å². The van der Waals surface area contributed by atoms with Gasteiger partial charge in [0.25, 0.3) is 0 Å². The smallest absolute Gasteiger partial charge is 0.228 e. The monoisotopic (exact) mass is 419 g/mol. The molecule has 2 fully saturated rings. The van der Waals surface area contributed by atoms with E-state index in [4.69, 9.17) is 4.74 Å². The molecule has 1 aromatic carbocycles. The molecule has 0 radical (unpaired) electrons. The van der Waals surface area contributed by atoms with Gasteiger partial charge in [0.15, 0.2) is 0 Å². The number of rotatable bonds is 6. The van der Waals surface area contributed by atoms with Crippen LogP contribution in [-0.2, 0) is 4.79 Å². The van der Waals surface area contributed by atoms with E-state index in [0.717, 1.165) is 67.1 Å². The van der Waals surface area contributed by atoms with Crippen LogP contribution in [0.25, 0.3) is 22.2 Å². The van der Waals surface area contributed by atoms with E-state index in [-0.39, 0.29) is 11.8 Å². The Morgan fingerprint density at radius 1 is 1.16 bits per heavy atom. The van der Waals surface area contributed by atoms with Crippen LogP contribution in [0.2, 0.25) is 0 Å². The first-order valence-electron chi connectivity index (χ1n) is 11.0. The lowest BCUT2D eigenvalue weighted by molar-refractivity contribution is -0.117. The van der Waals surface area contributed by atoms with E-state index in [1.54, 1.807) is 7.11 Å². The van der Waals surface area contributed by atoms with Gasteiger partial charge in [0.1, 0.15) is 17.2 Å².